The third-order valence-corrected chi connectivity index (χ3v) is 4.61. The highest BCUT2D eigenvalue weighted by Crippen LogP contribution is 2.37. The summed E-state index contributed by atoms with van der Waals surface area (Å²) in [6, 6.07) is 4.17. The van der Waals surface area contributed by atoms with Gasteiger partial charge in [-0.25, -0.2) is 36.1 Å². The summed E-state index contributed by atoms with van der Waals surface area (Å²) < 4.78 is 85.9. The van der Waals surface area contributed by atoms with Gasteiger partial charge in [0.05, 0.1) is 22.2 Å². The quantitative estimate of drug-likeness (QED) is 0.318. The van der Waals surface area contributed by atoms with Crippen LogP contribution < -0.4 is 0 Å². The number of fused-ring (bicyclic) bond motifs is 1. The van der Waals surface area contributed by atoms with Gasteiger partial charge in [0, 0.05) is 6.07 Å². The van der Waals surface area contributed by atoms with Crippen molar-refractivity contribution in [1.29, 1.82) is 0 Å². The third kappa shape index (κ3) is 3.29. The van der Waals surface area contributed by atoms with E-state index in [0.29, 0.717) is 23.8 Å². The van der Waals surface area contributed by atoms with Crippen molar-refractivity contribution < 1.29 is 36.2 Å². The smallest absolute Gasteiger partial charge is 0.337 e. The molecule has 0 aliphatic rings. The van der Waals surface area contributed by atoms with Crippen LogP contribution in [0, 0.1) is 41.8 Å². The molecule has 158 valence electrons. The molecule has 4 nitrogen and oxygen atoms in total. The lowest BCUT2D eigenvalue weighted by Gasteiger charge is -2.11. The molecule has 0 fully saturated rings. The second-order valence-electron chi connectivity index (χ2n) is 6.76. The van der Waals surface area contributed by atoms with Crippen LogP contribution in [0.5, 0.6) is 0 Å². The van der Waals surface area contributed by atoms with Crippen LogP contribution in [0.4, 0.5) is 26.3 Å². The average molecular weight is 436 g/mol. The van der Waals surface area contributed by atoms with Gasteiger partial charge in [0.2, 0.25) is 0 Å². The third-order valence-electron chi connectivity index (χ3n) is 4.61. The van der Waals surface area contributed by atoms with Gasteiger partial charge in [-0.05, 0) is 42.3 Å². The first-order chi connectivity index (χ1) is 14.6. The number of carboxylic acids is 1. The van der Waals surface area contributed by atoms with Gasteiger partial charge in [-0.2, -0.15) is 0 Å². The molecule has 31 heavy (non-hydrogen) atoms. The Morgan fingerprint density at radius 2 is 1.39 bits per heavy atom. The zero-order valence-corrected chi connectivity index (χ0v) is 15.5. The number of benzene rings is 3. The SMILES string of the molecule is Cc1cc(C(=O)O)c2nc(-c3c(F)c(F)c(-c4cc(F)cc(F)c4)c(F)c3F)[nH]c2c1. The highest BCUT2D eigenvalue weighted by molar-refractivity contribution is 6.02. The lowest BCUT2D eigenvalue weighted by atomic mass is 10.0. The predicted molar refractivity (Wildman–Crippen MR) is 98.4 cm³/mol. The van der Waals surface area contributed by atoms with Crippen molar-refractivity contribution in [2.45, 2.75) is 6.92 Å². The Kier molecular flexibility index (Phi) is 4.72. The van der Waals surface area contributed by atoms with Crippen molar-refractivity contribution in [1.82, 2.24) is 9.97 Å². The number of aromatic carboxylic acids is 1. The molecule has 0 spiro atoms. The molecule has 0 bridgehead atoms. The maximum Gasteiger partial charge on any atom is 0.337 e. The normalized spacial score (nSPS) is 11.3. The van der Waals surface area contributed by atoms with Gasteiger partial charge in [-0.3, -0.25) is 0 Å². The minimum atomic E-state index is -1.89. The Morgan fingerprint density at radius 1 is 0.839 bits per heavy atom. The minimum Gasteiger partial charge on any atom is -0.478 e. The lowest BCUT2D eigenvalue weighted by Crippen LogP contribution is -2.04. The fraction of sp³-hybridized carbons (Fsp3) is 0.0476. The maximum atomic E-state index is 14.8. The van der Waals surface area contributed by atoms with Gasteiger partial charge < -0.3 is 10.1 Å². The number of hydrogen-bond donors (Lipinski definition) is 2. The molecule has 2 N–H and O–H groups in total. The number of aromatic amines is 1. The van der Waals surface area contributed by atoms with Gasteiger partial charge in [-0.1, -0.05) is 0 Å². The summed E-state index contributed by atoms with van der Waals surface area (Å²) in [5.41, 5.74) is -3.17. The Morgan fingerprint density at radius 3 is 1.94 bits per heavy atom. The summed E-state index contributed by atoms with van der Waals surface area (Å²) in [4.78, 5) is 17.7. The van der Waals surface area contributed by atoms with Crippen LogP contribution in [0.2, 0.25) is 0 Å². The molecule has 1 heterocycles. The minimum absolute atomic E-state index is 0.0725. The largest absolute Gasteiger partial charge is 0.478 e. The van der Waals surface area contributed by atoms with Crippen molar-refractivity contribution in [3.05, 3.63) is 76.4 Å². The second kappa shape index (κ2) is 7.15. The van der Waals surface area contributed by atoms with E-state index in [9.17, 15) is 36.2 Å². The summed E-state index contributed by atoms with van der Waals surface area (Å²) in [5, 5.41) is 9.31. The number of halogens is 6. The number of hydrogen-bond acceptors (Lipinski definition) is 2. The molecule has 0 radical (unpaired) electrons. The van der Waals surface area contributed by atoms with Crippen LogP contribution in [-0.4, -0.2) is 21.0 Å². The van der Waals surface area contributed by atoms with Crippen LogP contribution >= 0.6 is 0 Å². The first kappa shape index (κ1) is 20.5. The van der Waals surface area contributed by atoms with E-state index in [1.807, 2.05) is 0 Å². The fourth-order valence-corrected chi connectivity index (χ4v) is 3.33. The lowest BCUT2D eigenvalue weighted by molar-refractivity contribution is 0.0698. The number of aryl methyl sites for hydroxylation is 1. The van der Waals surface area contributed by atoms with E-state index >= 15 is 0 Å². The number of aromatic nitrogens is 2. The standard InChI is InChI=1S/C21H10F6N2O2/c1-7-2-11(21(30)31)19-12(3-7)28-20(29-19)14-17(26)15(24)13(16(25)18(14)27)8-4-9(22)6-10(23)5-8/h2-6H,1H3,(H,28,29)(H,30,31). The van der Waals surface area contributed by atoms with E-state index in [1.54, 1.807) is 6.92 Å². The van der Waals surface area contributed by atoms with E-state index < -0.39 is 63.4 Å². The maximum absolute atomic E-state index is 14.8. The van der Waals surface area contributed by atoms with Gasteiger partial charge in [-0.15, -0.1) is 0 Å². The number of imidazole rings is 1. The summed E-state index contributed by atoms with van der Waals surface area (Å²) in [5.74, 6) is -12.0. The van der Waals surface area contributed by atoms with Gasteiger partial charge >= 0.3 is 5.97 Å². The molecule has 0 aliphatic carbocycles. The predicted octanol–water partition coefficient (Wildman–Crippen LogP) is 5.74. The molecular formula is C21H10F6N2O2. The molecule has 0 saturated heterocycles. The van der Waals surface area contributed by atoms with Crippen LogP contribution in [-0.2, 0) is 0 Å². The van der Waals surface area contributed by atoms with Gasteiger partial charge in [0.25, 0.3) is 0 Å². The summed E-state index contributed by atoms with van der Waals surface area (Å²) in [6.07, 6.45) is 0. The molecule has 0 aliphatic heterocycles. The fourth-order valence-electron chi connectivity index (χ4n) is 3.33. The van der Waals surface area contributed by atoms with E-state index in [0.717, 1.165) is 0 Å². The highest BCUT2D eigenvalue weighted by atomic mass is 19.2. The van der Waals surface area contributed by atoms with Gasteiger partial charge in [0.15, 0.2) is 23.3 Å². The molecule has 4 aromatic rings. The summed E-state index contributed by atoms with van der Waals surface area (Å²) in [7, 11) is 0. The molecule has 4 rings (SSSR count). The number of H-pyrrole nitrogens is 1. The molecule has 0 atom stereocenters. The van der Waals surface area contributed by atoms with E-state index in [2.05, 4.69) is 9.97 Å². The Balaban J connectivity index is 1.99. The average Bonchev–Trinajstić information content (AvgIpc) is 3.08. The van der Waals surface area contributed by atoms with Crippen molar-refractivity contribution in [2.24, 2.45) is 0 Å². The summed E-state index contributed by atoms with van der Waals surface area (Å²) in [6.45, 7) is 1.57. The van der Waals surface area contributed by atoms with Crippen molar-refractivity contribution in [3.8, 4) is 22.5 Å². The zero-order chi connectivity index (χ0) is 22.6. The van der Waals surface area contributed by atoms with Crippen molar-refractivity contribution in [2.75, 3.05) is 0 Å². The molecule has 3 aromatic carbocycles. The van der Waals surface area contributed by atoms with Crippen molar-refractivity contribution in [3.63, 3.8) is 0 Å². The van der Waals surface area contributed by atoms with Crippen LogP contribution in [0.15, 0.2) is 30.3 Å². The highest BCUT2D eigenvalue weighted by Gasteiger charge is 2.29. The number of nitrogens with zero attached hydrogens (tertiary/aromatic N) is 1. The van der Waals surface area contributed by atoms with Crippen LogP contribution in [0.25, 0.3) is 33.5 Å². The van der Waals surface area contributed by atoms with Crippen molar-refractivity contribution >= 4 is 17.0 Å². The first-order valence-electron chi connectivity index (χ1n) is 8.65. The number of carboxylic acid groups (broad SMARTS) is 1. The van der Waals surface area contributed by atoms with E-state index in [1.165, 1.54) is 12.1 Å². The number of nitrogens with one attached hydrogen (secondary N) is 1. The zero-order valence-electron chi connectivity index (χ0n) is 15.5. The first-order valence-corrected chi connectivity index (χ1v) is 8.65. The Labute approximate surface area is 169 Å². The Bertz CT molecular complexity index is 1350. The molecular weight excluding hydrogens is 426 g/mol. The second-order valence-corrected chi connectivity index (χ2v) is 6.76. The van der Waals surface area contributed by atoms with Gasteiger partial charge in [0.1, 0.15) is 23.0 Å². The molecule has 0 saturated carbocycles. The van der Waals surface area contributed by atoms with E-state index in [4.69, 9.17) is 0 Å². The Hall–Kier alpha value is -3.82. The molecule has 10 heteroatoms. The summed E-state index contributed by atoms with van der Waals surface area (Å²) >= 11 is 0. The molecule has 0 unspecified atom stereocenters. The monoisotopic (exact) mass is 436 g/mol. The molecule has 0 amide bonds. The van der Waals surface area contributed by atoms with Crippen LogP contribution in [0.3, 0.4) is 0 Å². The number of carbonyl (C=O) groups is 1. The van der Waals surface area contributed by atoms with Crippen LogP contribution in [0.1, 0.15) is 15.9 Å². The number of rotatable bonds is 3. The topological polar surface area (TPSA) is 66.0 Å². The molecule has 1 aromatic heterocycles. The van der Waals surface area contributed by atoms with E-state index in [-0.39, 0.29) is 16.6 Å².